The molecule has 0 aliphatic rings. The van der Waals surface area contributed by atoms with E-state index in [1.54, 1.807) is 4.80 Å². The van der Waals surface area contributed by atoms with Crippen molar-refractivity contribution in [1.29, 1.82) is 0 Å². The van der Waals surface area contributed by atoms with Crippen molar-refractivity contribution in [1.82, 2.24) is 15.0 Å². The van der Waals surface area contributed by atoms with Crippen LogP contribution in [0.2, 0.25) is 0 Å². The molecular formula is C22H29N3O. The molecule has 0 saturated heterocycles. The van der Waals surface area contributed by atoms with Crippen LogP contribution in [0.4, 0.5) is 0 Å². The number of benzene rings is 2. The standard InChI is InChI=1S/C22H29N3O/c1-3-5-6-10-17-13-18(16-20(26)9-4-2)15-19(14-17)25-23-21-11-7-8-12-22(21)24-25/h7-8,11-15,20,26H,3-6,9-10,16H2,1-2H3/t20-/m1/s1. The quantitative estimate of drug-likeness (QED) is 0.560. The van der Waals surface area contributed by atoms with Crippen LogP contribution >= 0.6 is 0 Å². The van der Waals surface area contributed by atoms with Gasteiger partial charge in [0.05, 0.1) is 11.8 Å². The molecule has 1 atom stereocenters. The number of aryl methyl sites for hydroxylation is 1. The summed E-state index contributed by atoms with van der Waals surface area (Å²) in [6.07, 6.45) is 6.92. The lowest BCUT2D eigenvalue weighted by atomic mass is 9.99. The first kappa shape index (κ1) is 18.6. The Morgan fingerprint density at radius 3 is 2.27 bits per heavy atom. The maximum absolute atomic E-state index is 10.2. The number of hydrogen-bond donors (Lipinski definition) is 1. The Balaban J connectivity index is 1.92. The highest BCUT2D eigenvalue weighted by atomic mass is 16.3. The van der Waals surface area contributed by atoms with Crippen molar-refractivity contribution in [3.63, 3.8) is 0 Å². The number of hydrogen-bond acceptors (Lipinski definition) is 3. The molecule has 3 aromatic rings. The molecule has 3 rings (SSSR count). The molecule has 1 N–H and O–H groups in total. The Kier molecular flexibility index (Phi) is 6.40. The molecule has 0 unspecified atom stereocenters. The molecular weight excluding hydrogens is 322 g/mol. The fourth-order valence-electron chi connectivity index (χ4n) is 3.38. The minimum atomic E-state index is -0.289. The van der Waals surface area contributed by atoms with E-state index >= 15 is 0 Å². The third-order valence-corrected chi connectivity index (χ3v) is 4.72. The third kappa shape index (κ3) is 4.70. The first-order valence-electron chi connectivity index (χ1n) is 9.83. The average molecular weight is 351 g/mol. The van der Waals surface area contributed by atoms with E-state index in [0.717, 1.165) is 41.5 Å². The molecule has 0 spiro atoms. The van der Waals surface area contributed by atoms with Crippen molar-refractivity contribution in [2.24, 2.45) is 0 Å². The molecule has 4 heteroatoms. The zero-order valence-corrected chi connectivity index (χ0v) is 15.9. The number of rotatable bonds is 9. The number of aliphatic hydroxyl groups excluding tert-OH is 1. The molecule has 26 heavy (non-hydrogen) atoms. The van der Waals surface area contributed by atoms with E-state index in [4.69, 9.17) is 0 Å². The molecule has 0 amide bonds. The fourth-order valence-corrected chi connectivity index (χ4v) is 3.38. The molecule has 1 aromatic heterocycles. The van der Waals surface area contributed by atoms with E-state index in [9.17, 15) is 5.11 Å². The smallest absolute Gasteiger partial charge is 0.113 e. The molecule has 0 bridgehead atoms. The van der Waals surface area contributed by atoms with Gasteiger partial charge in [-0.3, -0.25) is 0 Å². The monoisotopic (exact) mass is 351 g/mol. The maximum atomic E-state index is 10.2. The second kappa shape index (κ2) is 8.95. The summed E-state index contributed by atoms with van der Waals surface area (Å²) in [4.78, 5) is 1.73. The summed E-state index contributed by atoms with van der Waals surface area (Å²) in [6.45, 7) is 4.33. The Hall–Kier alpha value is -2.20. The summed E-state index contributed by atoms with van der Waals surface area (Å²) in [5.41, 5.74) is 5.24. The summed E-state index contributed by atoms with van der Waals surface area (Å²) in [6, 6.07) is 14.5. The Morgan fingerprint density at radius 1 is 0.923 bits per heavy atom. The van der Waals surface area contributed by atoms with Gasteiger partial charge >= 0.3 is 0 Å². The first-order valence-corrected chi connectivity index (χ1v) is 9.83. The SMILES string of the molecule is CCCCCc1cc(C[C@H](O)CCC)cc(-n2nc3ccccc3n2)c1. The number of aliphatic hydroxyl groups is 1. The zero-order valence-electron chi connectivity index (χ0n) is 15.9. The van der Waals surface area contributed by atoms with Crippen LogP contribution in [0.3, 0.4) is 0 Å². The van der Waals surface area contributed by atoms with Crippen LogP contribution in [0.15, 0.2) is 42.5 Å². The Labute approximate surface area is 155 Å². The summed E-state index contributed by atoms with van der Waals surface area (Å²) >= 11 is 0. The van der Waals surface area contributed by atoms with E-state index in [-0.39, 0.29) is 6.10 Å². The van der Waals surface area contributed by atoms with Crippen molar-refractivity contribution < 1.29 is 5.11 Å². The summed E-state index contributed by atoms with van der Waals surface area (Å²) < 4.78 is 0. The summed E-state index contributed by atoms with van der Waals surface area (Å²) in [5.74, 6) is 0. The average Bonchev–Trinajstić information content (AvgIpc) is 3.06. The van der Waals surface area contributed by atoms with Crippen LogP contribution in [-0.4, -0.2) is 26.2 Å². The highest BCUT2D eigenvalue weighted by molar-refractivity contribution is 5.73. The van der Waals surface area contributed by atoms with E-state index in [1.807, 2.05) is 24.3 Å². The molecule has 0 saturated carbocycles. The van der Waals surface area contributed by atoms with Crippen LogP contribution in [0.5, 0.6) is 0 Å². The van der Waals surface area contributed by atoms with Crippen molar-refractivity contribution in [3.05, 3.63) is 53.6 Å². The minimum absolute atomic E-state index is 0.289. The topological polar surface area (TPSA) is 50.9 Å². The summed E-state index contributed by atoms with van der Waals surface area (Å²) in [7, 11) is 0. The van der Waals surface area contributed by atoms with Gasteiger partial charge < -0.3 is 5.11 Å². The minimum Gasteiger partial charge on any atom is -0.393 e. The second-order valence-electron chi connectivity index (χ2n) is 7.09. The fraction of sp³-hybridized carbons (Fsp3) is 0.455. The van der Waals surface area contributed by atoms with E-state index in [1.165, 1.54) is 24.8 Å². The third-order valence-electron chi connectivity index (χ3n) is 4.72. The largest absolute Gasteiger partial charge is 0.393 e. The predicted octanol–water partition coefficient (Wildman–Crippen LogP) is 4.86. The lowest BCUT2D eigenvalue weighted by molar-refractivity contribution is 0.164. The zero-order chi connectivity index (χ0) is 18.4. The van der Waals surface area contributed by atoms with Gasteiger partial charge in [0.15, 0.2) is 0 Å². The van der Waals surface area contributed by atoms with Gasteiger partial charge in [-0.05, 0) is 61.1 Å². The van der Waals surface area contributed by atoms with Gasteiger partial charge in [-0.25, -0.2) is 0 Å². The molecule has 1 heterocycles. The van der Waals surface area contributed by atoms with Gasteiger partial charge in [0.25, 0.3) is 0 Å². The van der Waals surface area contributed by atoms with Crippen molar-refractivity contribution >= 4 is 11.0 Å². The first-order chi connectivity index (χ1) is 12.7. The van der Waals surface area contributed by atoms with Gasteiger partial charge in [0.1, 0.15) is 11.0 Å². The van der Waals surface area contributed by atoms with Gasteiger partial charge in [-0.2, -0.15) is 4.80 Å². The van der Waals surface area contributed by atoms with Crippen LogP contribution in [0, 0.1) is 0 Å². The lowest BCUT2D eigenvalue weighted by Gasteiger charge is -2.13. The molecule has 138 valence electrons. The molecule has 2 aromatic carbocycles. The van der Waals surface area contributed by atoms with Crippen LogP contribution in [0.25, 0.3) is 16.7 Å². The van der Waals surface area contributed by atoms with E-state index in [2.05, 4.69) is 42.2 Å². The van der Waals surface area contributed by atoms with Gasteiger partial charge in [0, 0.05) is 0 Å². The van der Waals surface area contributed by atoms with Gasteiger partial charge in [-0.15, -0.1) is 10.2 Å². The Bertz CT molecular complexity index is 807. The molecule has 0 aliphatic carbocycles. The normalized spacial score (nSPS) is 12.6. The number of aromatic nitrogens is 3. The van der Waals surface area contributed by atoms with E-state index in [0.29, 0.717) is 6.42 Å². The van der Waals surface area contributed by atoms with Crippen LogP contribution < -0.4 is 0 Å². The molecule has 0 radical (unpaired) electrons. The lowest BCUT2D eigenvalue weighted by Crippen LogP contribution is -2.11. The highest BCUT2D eigenvalue weighted by Crippen LogP contribution is 2.19. The summed E-state index contributed by atoms with van der Waals surface area (Å²) in [5, 5.41) is 19.5. The maximum Gasteiger partial charge on any atom is 0.113 e. The predicted molar refractivity (Wildman–Crippen MR) is 107 cm³/mol. The molecule has 4 nitrogen and oxygen atoms in total. The van der Waals surface area contributed by atoms with Gasteiger partial charge in [0.2, 0.25) is 0 Å². The highest BCUT2D eigenvalue weighted by Gasteiger charge is 2.10. The Morgan fingerprint density at radius 2 is 1.62 bits per heavy atom. The molecule has 0 fully saturated rings. The van der Waals surface area contributed by atoms with Gasteiger partial charge in [-0.1, -0.05) is 51.3 Å². The van der Waals surface area contributed by atoms with Crippen molar-refractivity contribution in [2.75, 3.05) is 0 Å². The molecule has 0 aliphatic heterocycles. The number of nitrogens with zero attached hydrogens (tertiary/aromatic N) is 3. The van der Waals surface area contributed by atoms with E-state index < -0.39 is 0 Å². The second-order valence-corrected chi connectivity index (χ2v) is 7.09. The number of fused-ring (bicyclic) bond motifs is 1. The number of unbranched alkanes of at least 4 members (excludes halogenated alkanes) is 2. The van der Waals surface area contributed by atoms with Crippen LogP contribution in [0.1, 0.15) is 57.1 Å². The van der Waals surface area contributed by atoms with Crippen molar-refractivity contribution in [2.45, 2.75) is 64.9 Å². The van der Waals surface area contributed by atoms with Crippen LogP contribution in [-0.2, 0) is 12.8 Å². The van der Waals surface area contributed by atoms with Crippen molar-refractivity contribution in [3.8, 4) is 5.69 Å².